The van der Waals surface area contributed by atoms with Crippen molar-refractivity contribution in [2.75, 3.05) is 12.3 Å². The van der Waals surface area contributed by atoms with Crippen LogP contribution in [0.2, 0.25) is 0 Å². The van der Waals surface area contributed by atoms with Crippen molar-refractivity contribution in [1.82, 2.24) is 9.88 Å². The van der Waals surface area contributed by atoms with E-state index in [4.69, 9.17) is 5.73 Å². The third-order valence-corrected chi connectivity index (χ3v) is 3.86. The highest BCUT2D eigenvalue weighted by atomic mass is 16.2. The molecule has 0 radical (unpaired) electrons. The zero-order valence-electron chi connectivity index (χ0n) is 11.3. The summed E-state index contributed by atoms with van der Waals surface area (Å²) in [5.41, 5.74) is 6.73. The van der Waals surface area contributed by atoms with Crippen LogP contribution in [0.25, 0.3) is 0 Å². The average molecular weight is 247 g/mol. The molecule has 1 fully saturated rings. The van der Waals surface area contributed by atoms with Gasteiger partial charge in [-0.15, -0.1) is 0 Å². The third-order valence-electron chi connectivity index (χ3n) is 3.86. The first kappa shape index (κ1) is 12.9. The van der Waals surface area contributed by atoms with Gasteiger partial charge in [-0.2, -0.15) is 0 Å². The van der Waals surface area contributed by atoms with Gasteiger partial charge in [-0.05, 0) is 37.3 Å². The number of likely N-dealkylation sites (tertiary alicyclic amines) is 1. The van der Waals surface area contributed by atoms with E-state index < -0.39 is 0 Å². The second kappa shape index (κ2) is 4.96. The summed E-state index contributed by atoms with van der Waals surface area (Å²) in [5.74, 6) is 1.06. The number of aromatic nitrogens is 1. The van der Waals surface area contributed by atoms with Crippen LogP contribution in [0.15, 0.2) is 18.3 Å². The first-order valence-electron chi connectivity index (χ1n) is 6.51. The molecule has 1 amide bonds. The van der Waals surface area contributed by atoms with E-state index in [0.29, 0.717) is 23.2 Å². The van der Waals surface area contributed by atoms with E-state index in [0.717, 1.165) is 6.54 Å². The van der Waals surface area contributed by atoms with Crippen molar-refractivity contribution >= 4 is 11.6 Å². The van der Waals surface area contributed by atoms with E-state index in [2.05, 4.69) is 25.8 Å². The Morgan fingerprint density at radius 2 is 2.17 bits per heavy atom. The Bertz CT molecular complexity index is 446. The lowest BCUT2D eigenvalue weighted by Crippen LogP contribution is -2.49. The number of nitrogens with zero attached hydrogens (tertiary/aromatic N) is 2. The number of nitrogen functional groups attached to an aromatic ring is 1. The number of hydrogen-bond donors (Lipinski definition) is 1. The number of rotatable bonds is 1. The van der Waals surface area contributed by atoms with Crippen molar-refractivity contribution in [2.24, 2.45) is 11.8 Å². The molecule has 18 heavy (non-hydrogen) atoms. The predicted molar refractivity (Wildman–Crippen MR) is 72.1 cm³/mol. The predicted octanol–water partition coefficient (Wildman–Crippen LogP) is 2.17. The Balaban J connectivity index is 2.22. The summed E-state index contributed by atoms with van der Waals surface area (Å²) in [6.07, 6.45) is 2.76. The maximum atomic E-state index is 12.5. The Morgan fingerprint density at radius 1 is 1.44 bits per heavy atom. The highest BCUT2D eigenvalue weighted by Crippen LogP contribution is 2.28. The van der Waals surface area contributed by atoms with Gasteiger partial charge in [-0.3, -0.25) is 9.78 Å². The van der Waals surface area contributed by atoms with Gasteiger partial charge >= 0.3 is 0 Å². The largest absolute Gasteiger partial charge is 0.399 e. The van der Waals surface area contributed by atoms with E-state index in [1.807, 2.05) is 4.90 Å². The smallest absolute Gasteiger partial charge is 0.272 e. The van der Waals surface area contributed by atoms with E-state index in [1.54, 1.807) is 18.3 Å². The van der Waals surface area contributed by atoms with Crippen LogP contribution in [0.5, 0.6) is 0 Å². The van der Waals surface area contributed by atoms with Crippen LogP contribution in [0, 0.1) is 11.8 Å². The highest BCUT2D eigenvalue weighted by Gasteiger charge is 2.32. The van der Waals surface area contributed by atoms with Crippen LogP contribution in [-0.4, -0.2) is 28.4 Å². The van der Waals surface area contributed by atoms with Gasteiger partial charge in [0.05, 0.1) is 0 Å². The molecule has 1 saturated heterocycles. The minimum Gasteiger partial charge on any atom is -0.399 e. The quantitative estimate of drug-likeness (QED) is 0.827. The molecule has 0 spiro atoms. The Labute approximate surface area is 108 Å². The summed E-state index contributed by atoms with van der Waals surface area (Å²) in [4.78, 5) is 18.5. The lowest BCUT2D eigenvalue weighted by atomic mass is 9.86. The summed E-state index contributed by atoms with van der Waals surface area (Å²) in [7, 11) is 0. The minimum atomic E-state index is -0.00630. The molecule has 3 atom stereocenters. The summed E-state index contributed by atoms with van der Waals surface area (Å²) in [5, 5.41) is 0. The van der Waals surface area contributed by atoms with Crippen LogP contribution < -0.4 is 5.73 Å². The van der Waals surface area contributed by atoms with E-state index >= 15 is 0 Å². The molecule has 0 saturated carbocycles. The normalized spacial score (nSPS) is 28.2. The maximum absolute atomic E-state index is 12.5. The molecule has 4 heteroatoms. The number of piperidine rings is 1. The molecule has 3 unspecified atom stereocenters. The number of hydrogen-bond acceptors (Lipinski definition) is 3. The fraction of sp³-hybridized carbons (Fsp3) is 0.571. The van der Waals surface area contributed by atoms with E-state index in [9.17, 15) is 4.79 Å². The summed E-state index contributed by atoms with van der Waals surface area (Å²) >= 11 is 0. The number of anilines is 1. The third kappa shape index (κ3) is 2.47. The van der Waals surface area contributed by atoms with Crippen LogP contribution in [0.1, 0.15) is 37.7 Å². The van der Waals surface area contributed by atoms with E-state index in [-0.39, 0.29) is 11.9 Å². The maximum Gasteiger partial charge on any atom is 0.272 e. The van der Waals surface area contributed by atoms with Crippen molar-refractivity contribution in [3.8, 4) is 0 Å². The second-order valence-corrected chi connectivity index (χ2v) is 5.49. The Morgan fingerprint density at radius 3 is 2.83 bits per heavy atom. The number of carbonyl (C=O) groups excluding carboxylic acids is 1. The van der Waals surface area contributed by atoms with Crippen molar-refractivity contribution in [2.45, 2.75) is 33.2 Å². The lowest BCUT2D eigenvalue weighted by molar-refractivity contribution is 0.0450. The van der Waals surface area contributed by atoms with E-state index in [1.165, 1.54) is 6.42 Å². The summed E-state index contributed by atoms with van der Waals surface area (Å²) in [6.45, 7) is 7.31. The van der Waals surface area contributed by atoms with Gasteiger partial charge in [-0.25, -0.2) is 0 Å². The van der Waals surface area contributed by atoms with Gasteiger partial charge in [0.1, 0.15) is 5.69 Å². The number of carbonyl (C=O) groups is 1. The van der Waals surface area contributed by atoms with Gasteiger partial charge in [0.25, 0.3) is 5.91 Å². The topological polar surface area (TPSA) is 59.2 Å². The van der Waals surface area contributed by atoms with Crippen molar-refractivity contribution in [1.29, 1.82) is 0 Å². The molecule has 4 nitrogen and oxygen atoms in total. The van der Waals surface area contributed by atoms with Crippen LogP contribution in [-0.2, 0) is 0 Å². The number of amides is 1. The van der Waals surface area contributed by atoms with Crippen molar-refractivity contribution in [3.05, 3.63) is 24.0 Å². The lowest BCUT2D eigenvalue weighted by Gasteiger charge is -2.40. The molecule has 2 heterocycles. The molecule has 1 aromatic heterocycles. The zero-order chi connectivity index (χ0) is 13.3. The fourth-order valence-electron chi connectivity index (χ4n) is 2.69. The average Bonchev–Trinajstić information content (AvgIpc) is 2.33. The van der Waals surface area contributed by atoms with Gasteiger partial charge in [0.15, 0.2) is 0 Å². The van der Waals surface area contributed by atoms with Gasteiger partial charge in [-0.1, -0.05) is 13.8 Å². The SMILES string of the molecule is CC1CC(C)C(C)N(C(=O)c2cc(N)ccn2)C1. The van der Waals surface area contributed by atoms with Crippen LogP contribution in [0.3, 0.4) is 0 Å². The molecular weight excluding hydrogens is 226 g/mol. The molecular formula is C14H21N3O. The molecule has 2 rings (SSSR count). The first-order chi connectivity index (χ1) is 8.49. The minimum absolute atomic E-state index is 0.00630. The molecule has 0 aromatic carbocycles. The Kier molecular flexibility index (Phi) is 3.55. The molecule has 0 aliphatic carbocycles. The summed E-state index contributed by atoms with van der Waals surface area (Å²) < 4.78 is 0. The van der Waals surface area contributed by atoms with Crippen LogP contribution in [0.4, 0.5) is 5.69 Å². The molecule has 1 aromatic rings. The van der Waals surface area contributed by atoms with Crippen LogP contribution >= 0.6 is 0 Å². The van der Waals surface area contributed by atoms with Gasteiger partial charge in [0, 0.05) is 24.5 Å². The van der Waals surface area contributed by atoms with Gasteiger partial charge in [0.2, 0.25) is 0 Å². The first-order valence-corrected chi connectivity index (χ1v) is 6.51. The van der Waals surface area contributed by atoms with Crippen molar-refractivity contribution in [3.63, 3.8) is 0 Å². The number of pyridine rings is 1. The molecule has 1 aliphatic heterocycles. The van der Waals surface area contributed by atoms with Crippen molar-refractivity contribution < 1.29 is 4.79 Å². The molecule has 98 valence electrons. The second-order valence-electron chi connectivity index (χ2n) is 5.49. The molecule has 0 bridgehead atoms. The summed E-state index contributed by atoms with van der Waals surface area (Å²) in [6, 6.07) is 3.61. The highest BCUT2D eigenvalue weighted by molar-refractivity contribution is 5.93. The zero-order valence-corrected chi connectivity index (χ0v) is 11.3. The Hall–Kier alpha value is -1.58. The van der Waals surface area contributed by atoms with Gasteiger partial charge < -0.3 is 10.6 Å². The molecule has 2 N–H and O–H groups in total. The number of nitrogens with two attached hydrogens (primary N) is 1. The fourth-order valence-corrected chi connectivity index (χ4v) is 2.69. The standard InChI is InChI=1S/C14H21N3O/c1-9-6-10(2)11(3)17(8-9)14(18)13-7-12(15)4-5-16-13/h4-5,7,9-11H,6,8H2,1-3H3,(H2,15,16). The molecule has 1 aliphatic rings. The monoisotopic (exact) mass is 247 g/mol.